The number of carbonyl (C=O) groups excluding carboxylic acids is 1. The lowest BCUT2D eigenvalue weighted by molar-refractivity contribution is 0.0697. The van der Waals surface area contributed by atoms with Gasteiger partial charge < -0.3 is 20.1 Å². The van der Waals surface area contributed by atoms with Crippen LogP contribution in [0.25, 0.3) is 0 Å². The number of piperidine rings is 1. The van der Waals surface area contributed by atoms with Crippen LogP contribution in [0.3, 0.4) is 0 Å². The highest BCUT2D eigenvalue weighted by Crippen LogP contribution is 2.34. The number of hydrogen-bond donors (Lipinski definition) is 3. The van der Waals surface area contributed by atoms with Crippen LogP contribution in [0, 0.1) is 5.92 Å². The summed E-state index contributed by atoms with van der Waals surface area (Å²) in [6.45, 7) is 8.28. The molecular formula is C28H34N4O4S. The van der Waals surface area contributed by atoms with Gasteiger partial charge in [-0.05, 0) is 54.2 Å². The number of thiazole rings is 1. The van der Waals surface area contributed by atoms with Crippen molar-refractivity contribution in [2.24, 2.45) is 5.92 Å². The molecule has 1 fully saturated rings. The predicted octanol–water partition coefficient (Wildman–Crippen LogP) is 5.73. The van der Waals surface area contributed by atoms with Crippen molar-refractivity contribution < 1.29 is 19.4 Å². The van der Waals surface area contributed by atoms with Gasteiger partial charge in [0, 0.05) is 30.4 Å². The van der Waals surface area contributed by atoms with Gasteiger partial charge in [0.2, 0.25) is 0 Å². The zero-order valence-corrected chi connectivity index (χ0v) is 22.5. The van der Waals surface area contributed by atoms with Gasteiger partial charge in [-0.1, -0.05) is 39.0 Å². The van der Waals surface area contributed by atoms with E-state index in [1.54, 1.807) is 13.2 Å². The molecule has 1 atom stereocenters. The zero-order valence-electron chi connectivity index (χ0n) is 21.7. The first kappa shape index (κ1) is 26.5. The number of ether oxygens (including phenoxy) is 1. The quantitative estimate of drug-likeness (QED) is 0.349. The average molecular weight is 523 g/mol. The zero-order chi connectivity index (χ0) is 26.6. The number of urea groups is 1. The molecule has 1 saturated heterocycles. The molecule has 2 heterocycles. The fourth-order valence-electron chi connectivity index (χ4n) is 4.65. The van der Waals surface area contributed by atoms with Gasteiger partial charge >= 0.3 is 12.0 Å². The van der Waals surface area contributed by atoms with Gasteiger partial charge in [0.25, 0.3) is 0 Å². The average Bonchev–Trinajstić information content (AvgIpc) is 3.36. The van der Waals surface area contributed by atoms with Crippen LogP contribution in [-0.4, -0.2) is 42.3 Å². The van der Waals surface area contributed by atoms with Gasteiger partial charge in [0.1, 0.15) is 5.75 Å². The lowest BCUT2D eigenvalue weighted by atomic mass is 9.82. The van der Waals surface area contributed by atoms with Gasteiger partial charge in [0.15, 0.2) is 5.13 Å². The Hall–Kier alpha value is -3.59. The molecule has 1 aromatic heterocycles. The van der Waals surface area contributed by atoms with Crippen molar-refractivity contribution in [3.05, 3.63) is 70.2 Å². The van der Waals surface area contributed by atoms with Crippen LogP contribution in [0.2, 0.25) is 0 Å². The maximum absolute atomic E-state index is 12.6. The summed E-state index contributed by atoms with van der Waals surface area (Å²) in [5.74, 6) is 0.367. The molecule has 0 radical (unpaired) electrons. The SMILES string of the molecule is COc1ccc(C(C)(C)c2csc(NC(=O)NCc3ccc(N4CCCC(C)C4)c(C(=O)O)c3)n2)cc1. The summed E-state index contributed by atoms with van der Waals surface area (Å²) in [6.07, 6.45) is 2.22. The summed E-state index contributed by atoms with van der Waals surface area (Å²) < 4.78 is 5.25. The topological polar surface area (TPSA) is 104 Å². The number of anilines is 2. The van der Waals surface area contributed by atoms with Crippen LogP contribution in [0.4, 0.5) is 15.6 Å². The second-order valence-corrected chi connectivity index (χ2v) is 10.9. The van der Waals surface area contributed by atoms with Crippen LogP contribution < -0.4 is 20.3 Å². The summed E-state index contributed by atoms with van der Waals surface area (Å²) in [5, 5.41) is 17.8. The molecule has 0 bridgehead atoms. The van der Waals surface area contributed by atoms with E-state index in [1.807, 2.05) is 41.8 Å². The minimum atomic E-state index is -0.964. The van der Waals surface area contributed by atoms with Crippen LogP contribution in [0.5, 0.6) is 5.75 Å². The van der Waals surface area contributed by atoms with Crippen molar-refractivity contribution in [3.63, 3.8) is 0 Å². The predicted molar refractivity (Wildman–Crippen MR) is 147 cm³/mol. The van der Waals surface area contributed by atoms with Crippen molar-refractivity contribution in [1.29, 1.82) is 0 Å². The van der Waals surface area contributed by atoms with E-state index >= 15 is 0 Å². The molecule has 0 aliphatic carbocycles. The highest BCUT2D eigenvalue weighted by atomic mass is 32.1. The molecule has 3 N–H and O–H groups in total. The number of aromatic nitrogens is 1. The number of aromatic carboxylic acids is 1. The highest BCUT2D eigenvalue weighted by Gasteiger charge is 2.27. The van der Waals surface area contributed by atoms with Crippen molar-refractivity contribution in [1.82, 2.24) is 10.3 Å². The smallest absolute Gasteiger partial charge is 0.337 e. The molecule has 1 unspecified atom stereocenters. The summed E-state index contributed by atoms with van der Waals surface area (Å²) in [4.78, 5) is 31.3. The molecule has 9 heteroatoms. The maximum atomic E-state index is 12.6. The van der Waals surface area contributed by atoms with Gasteiger partial charge in [-0.2, -0.15) is 0 Å². The number of methoxy groups -OCH3 is 1. The Morgan fingerprint density at radius 1 is 1.22 bits per heavy atom. The molecule has 37 heavy (non-hydrogen) atoms. The number of hydrogen-bond acceptors (Lipinski definition) is 6. The Balaban J connectivity index is 1.38. The van der Waals surface area contributed by atoms with E-state index in [0.717, 1.165) is 54.2 Å². The van der Waals surface area contributed by atoms with E-state index in [4.69, 9.17) is 4.74 Å². The Labute approximate surface area is 221 Å². The minimum absolute atomic E-state index is 0.207. The standard InChI is InChI=1S/C28H34N4O4S/c1-18-6-5-13-32(16-18)23-12-7-19(14-22(23)25(33)34)15-29-26(35)31-27-30-24(17-37-27)28(2,3)20-8-10-21(36-4)11-9-20/h7-12,14,17-18H,5-6,13,15-16H2,1-4H3,(H,33,34)(H2,29,30,31,35). The third-order valence-corrected chi connectivity index (χ3v) is 7.68. The molecule has 4 rings (SSSR count). The number of rotatable bonds is 8. The number of carboxylic acids is 1. The number of carbonyl (C=O) groups is 2. The van der Waals surface area contributed by atoms with Crippen molar-refractivity contribution in [2.75, 3.05) is 30.4 Å². The molecule has 1 aliphatic heterocycles. The van der Waals surface area contributed by atoms with Crippen molar-refractivity contribution >= 4 is 34.2 Å². The van der Waals surface area contributed by atoms with Gasteiger partial charge in [-0.25, -0.2) is 14.6 Å². The molecule has 3 aromatic rings. The van der Waals surface area contributed by atoms with Crippen LogP contribution in [0.15, 0.2) is 47.8 Å². The van der Waals surface area contributed by atoms with E-state index in [1.165, 1.54) is 11.3 Å². The number of amides is 2. The minimum Gasteiger partial charge on any atom is -0.497 e. The molecule has 196 valence electrons. The molecule has 1 aliphatic rings. The number of nitrogens with zero attached hydrogens (tertiary/aromatic N) is 2. The van der Waals surface area contributed by atoms with E-state index < -0.39 is 12.0 Å². The van der Waals surface area contributed by atoms with Crippen LogP contribution >= 0.6 is 11.3 Å². The van der Waals surface area contributed by atoms with Gasteiger partial charge in [-0.3, -0.25) is 5.32 Å². The molecule has 2 aromatic carbocycles. The Morgan fingerprint density at radius 3 is 2.65 bits per heavy atom. The van der Waals surface area contributed by atoms with Gasteiger partial charge in [-0.15, -0.1) is 11.3 Å². The monoisotopic (exact) mass is 522 g/mol. The number of benzene rings is 2. The summed E-state index contributed by atoms with van der Waals surface area (Å²) in [5.41, 5.74) is 3.32. The maximum Gasteiger partial charge on any atom is 0.337 e. The fraction of sp³-hybridized carbons (Fsp3) is 0.393. The Bertz CT molecular complexity index is 1260. The Kier molecular flexibility index (Phi) is 8.02. The molecule has 0 saturated carbocycles. The normalized spacial score (nSPS) is 15.8. The van der Waals surface area contributed by atoms with E-state index in [-0.39, 0.29) is 17.5 Å². The van der Waals surface area contributed by atoms with E-state index in [2.05, 4.69) is 41.3 Å². The second kappa shape index (κ2) is 11.2. The van der Waals surface area contributed by atoms with E-state index in [0.29, 0.717) is 11.0 Å². The lowest BCUT2D eigenvalue weighted by Crippen LogP contribution is -2.35. The lowest BCUT2D eigenvalue weighted by Gasteiger charge is -2.33. The molecular weight excluding hydrogens is 488 g/mol. The highest BCUT2D eigenvalue weighted by molar-refractivity contribution is 7.13. The largest absolute Gasteiger partial charge is 0.497 e. The molecule has 2 amide bonds. The third kappa shape index (κ3) is 6.22. The fourth-order valence-corrected chi connectivity index (χ4v) is 5.52. The number of carboxylic acid groups (broad SMARTS) is 1. The van der Waals surface area contributed by atoms with Crippen molar-refractivity contribution in [2.45, 2.75) is 45.6 Å². The first-order valence-corrected chi connectivity index (χ1v) is 13.3. The summed E-state index contributed by atoms with van der Waals surface area (Å²) in [6, 6.07) is 12.9. The molecule has 0 spiro atoms. The van der Waals surface area contributed by atoms with Gasteiger partial charge in [0.05, 0.1) is 24.1 Å². The van der Waals surface area contributed by atoms with Crippen molar-refractivity contribution in [3.8, 4) is 5.75 Å². The molecule has 8 nitrogen and oxygen atoms in total. The summed E-state index contributed by atoms with van der Waals surface area (Å²) in [7, 11) is 1.64. The van der Waals surface area contributed by atoms with Crippen LogP contribution in [-0.2, 0) is 12.0 Å². The number of nitrogens with one attached hydrogen (secondary N) is 2. The second-order valence-electron chi connectivity index (χ2n) is 10.0. The van der Waals surface area contributed by atoms with E-state index in [9.17, 15) is 14.7 Å². The summed E-state index contributed by atoms with van der Waals surface area (Å²) >= 11 is 1.36. The Morgan fingerprint density at radius 2 is 1.97 bits per heavy atom. The first-order chi connectivity index (χ1) is 17.7. The first-order valence-electron chi connectivity index (χ1n) is 12.4. The third-order valence-electron chi connectivity index (χ3n) is 6.92. The van der Waals surface area contributed by atoms with Crippen LogP contribution in [0.1, 0.15) is 60.8 Å².